The van der Waals surface area contributed by atoms with Gasteiger partial charge in [0.25, 0.3) is 0 Å². The maximum Gasteiger partial charge on any atom is 0.233 e. The predicted octanol–water partition coefficient (Wildman–Crippen LogP) is 4.03. The number of anilines is 1. The van der Waals surface area contributed by atoms with Crippen molar-refractivity contribution in [2.75, 3.05) is 11.1 Å². The molecule has 1 fully saturated rings. The van der Waals surface area contributed by atoms with Crippen molar-refractivity contribution in [2.45, 2.75) is 56.1 Å². The maximum absolute atomic E-state index is 12.6. The summed E-state index contributed by atoms with van der Waals surface area (Å²) in [6.07, 6.45) is 3.42. The normalized spacial score (nSPS) is 20.5. The summed E-state index contributed by atoms with van der Waals surface area (Å²) in [5, 5.41) is 12.4. The summed E-state index contributed by atoms with van der Waals surface area (Å²) in [6, 6.07) is 10.9. The summed E-state index contributed by atoms with van der Waals surface area (Å²) in [5.74, 6) is 0.640. The molecule has 1 saturated heterocycles. The van der Waals surface area contributed by atoms with Gasteiger partial charge in [-0.25, -0.2) is 0 Å². The monoisotopic (exact) mass is 376 g/mol. The molecule has 134 valence electrons. The zero-order valence-corrected chi connectivity index (χ0v) is 16.3. The standard InChI is InChI=1S/C18H24N4OS2/c1-13-7-6-8-14(2)22(13)16(23)12-24-18-21-20-17(25-18)19-11-15-9-4-3-5-10-15/h3-5,9-10,13-14H,6-8,11-12H2,1-2H3,(H,19,20)/t13-,14+. The van der Waals surface area contributed by atoms with Gasteiger partial charge >= 0.3 is 0 Å². The van der Waals surface area contributed by atoms with Gasteiger partial charge in [-0.3, -0.25) is 4.79 Å². The molecular formula is C18H24N4OS2. The number of benzene rings is 1. The molecular weight excluding hydrogens is 352 g/mol. The molecule has 5 nitrogen and oxygen atoms in total. The second-order valence-electron chi connectivity index (χ2n) is 6.43. The number of carbonyl (C=O) groups excluding carboxylic acids is 1. The van der Waals surface area contributed by atoms with Gasteiger partial charge in [0.1, 0.15) is 0 Å². The van der Waals surface area contributed by atoms with Gasteiger partial charge in [0.2, 0.25) is 11.0 Å². The van der Waals surface area contributed by atoms with Gasteiger partial charge in [-0.05, 0) is 38.7 Å². The highest BCUT2D eigenvalue weighted by atomic mass is 32.2. The third-order valence-corrected chi connectivity index (χ3v) is 6.49. The van der Waals surface area contributed by atoms with Crippen molar-refractivity contribution in [3.63, 3.8) is 0 Å². The van der Waals surface area contributed by atoms with Gasteiger partial charge in [-0.1, -0.05) is 53.4 Å². The second-order valence-corrected chi connectivity index (χ2v) is 8.63. The molecule has 25 heavy (non-hydrogen) atoms. The largest absolute Gasteiger partial charge is 0.356 e. The molecule has 1 N–H and O–H groups in total. The average Bonchev–Trinajstić information content (AvgIpc) is 3.07. The van der Waals surface area contributed by atoms with Crippen LogP contribution in [0.2, 0.25) is 0 Å². The number of rotatable bonds is 6. The molecule has 1 aromatic heterocycles. The van der Waals surface area contributed by atoms with E-state index in [-0.39, 0.29) is 5.91 Å². The molecule has 1 amide bonds. The summed E-state index contributed by atoms with van der Waals surface area (Å²) in [5.41, 5.74) is 1.20. The lowest BCUT2D eigenvalue weighted by molar-refractivity contribution is -0.134. The summed E-state index contributed by atoms with van der Waals surface area (Å²) in [6.45, 7) is 5.02. The van der Waals surface area contributed by atoms with E-state index in [2.05, 4.69) is 41.5 Å². The minimum atomic E-state index is 0.207. The number of hydrogen-bond donors (Lipinski definition) is 1. The predicted molar refractivity (Wildman–Crippen MR) is 104 cm³/mol. The first-order valence-electron chi connectivity index (χ1n) is 8.68. The zero-order valence-electron chi connectivity index (χ0n) is 14.6. The summed E-state index contributed by atoms with van der Waals surface area (Å²) in [4.78, 5) is 14.6. The minimum Gasteiger partial charge on any atom is -0.356 e. The molecule has 0 unspecified atom stereocenters. The molecule has 0 bridgehead atoms. The van der Waals surface area contributed by atoms with E-state index in [1.165, 1.54) is 35.1 Å². The average molecular weight is 377 g/mol. The number of likely N-dealkylation sites (tertiary alicyclic amines) is 1. The molecule has 3 rings (SSSR count). The maximum atomic E-state index is 12.6. The van der Waals surface area contributed by atoms with E-state index < -0.39 is 0 Å². The van der Waals surface area contributed by atoms with Crippen LogP contribution >= 0.6 is 23.1 Å². The lowest BCUT2D eigenvalue weighted by Crippen LogP contribution is -2.48. The van der Waals surface area contributed by atoms with Crippen LogP contribution in [-0.4, -0.2) is 38.8 Å². The number of thioether (sulfide) groups is 1. The topological polar surface area (TPSA) is 58.1 Å². The fourth-order valence-electron chi connectivity index (χ4n) is 3.22. The van der Waals surface area contributed by atoms with Crippen molar-refractivity contribution in [1.82, 2.24) is 15.1 Å². The van der Waals surface area contributed by atoms with Crippen LogP contribution < -0.4 is 5.32 Å². The third-order valence-electron chi connectivity index (χ3n) is 4.49. The summed E-state index contributed by atoms with van der Waals surface area (Å²) < 4.78 is 0.834. The first-order valence-corrected chi connectivity index (χ1v) is 10.5. The molecule has 0 saturated carbocycles. The van der Waals surface area contributed by atoms with Crippen molar-refractivity contribution < 1.29 is 4.79 Å². The Morgan fingerprint density at radius 3 is 2.68 bits per heavy atom. The fraction of sp³-hybridized carbons (Fsp3) is 0.500. The number of carbonyl (C=O) groups is 1. The van der Waals surface area contributed by atoms with E-state index in [1.54, 1.807) is 0 Å². The number of nitrogens with one attached hydrogen (secondary N) is 1. The first kappa shape index (κ1) is 18.2. The van der Waals surface area contributed by atoms with E-state index in [0.29, 0.717) is 17.8 Å². The van der Waals surface area contributed by atoms with Gasteiger partial charge in [-0.15, -0.1) is 10.2 Å². The quantitative estimate of drug-likeness (QED) is 0.771. The molecule has 2 aromatic rings. The Bertz CT molecular complexity index is 681. The van der Waals surface area contributed by atoms with Crippen LogP contribution in [-0.2, 0) is 11.3 Å². The second kappa shape index (κ2) is 8.67. The highest BCUT2D eigenvalue weighted by Crippen LogP contribution is 2.28. The van der Waals surface area contributed by atoms with Crippen molar-refractivity contribution >= 4 is 34.1 Å². The van der Waals surface area contributed by atoms with Gasteiger partial charge in [-0.2, -0.15) is 0 Å². The Balaban J connectivity index is 1.49. The number of nitrogens with zero attached hydrogens (tertiary/aromatic N) is 3. The van der Waals surface area contributed by atoms with Crippen molar-refractivity contribution in [3.05, 3.63) is 35.9 Å². The number of aromatic nitrogens is 2. The number of piperidine rings is 1. The molecule has 0 spiro atoms. The van der Waals surface area contributed by atoms with Crippen LogP contribution in [0.1, 0.15) is 38.7 Å². The van der Waals surface area contributed by atoms with Crippen LogP contribution in [0.4, 0.5) is 5.13 Å². The van der Waals surface area contributed by atoms with E-state index in [0.717, 1.165) is 28.9 Å². The molecule has 1 aromatic carbocycles. The van der Waals surface area contributed by atoms with E-state index in [4.69, 9.17) is 0 Å². The zero-order chi connectivity index (χ0) is 17.6. The highest BCUT2D eigenvalue weighted by molar-refractivity contribution is 8.01. The smallest absolute Gasteiger partial charge is 0.233 e. The lowest BCUT2D eigenvalue weighted by atomic mass is 9.98. The molecule has 1 aliphatic heterocycles. The molecule has 0 radical (unpaired) electrons. The molecule has 1 aliphatic rings. The van der Waals surface area contributed by atoms with Crippen LogP contribution in [0.25, 0.3) is 0 Å². The van der Waals surface area contributed by atoms with Crippen molar-refractivity contribution in [1.29, 1.82) is 0 Å². The Hall–Kier alpha value is -1.60. The van der Waals surface area contributed by atoms with Crippen LogP contribution in [0.15, 0.2) is 34.7 Å². The SMILES string of the molecule is C[C@@H]1CCC[C@H](C)N1C(=O)CSc1nnc(NCc2ccccc2)s1. The molecule has 0 aliphatic carbocycles. The highest BCUT2D eigenvalue weighted by Gasteiger charge is 2.28. The Morgan fingerprint density at radius 2 is 1.96 bits per heavy atom. The van der Waals surface area contributed by atoms with E-state index in [9.17, 15) is 4.79 Å². The Labute approximate surface area is 157 Å². The number of amides is 1. The van der Waals surface area contributed by atoms with Crippen molar-refractivity contribution in [2.24, 2.45) is 0 Å². The van der Waals surface area contributed by atoms with E-state index in [1.807, 2.05) is 23.1 Å². The van der Waals surface area contributed by atoms with Crippen molar-refractivity contribution in [3.8, 4) is 0 Å². The molecule has 7 heteroatoms. The van der Waals surface area contributed by atoms with Gasteiger partial charge in [0.05, 0.1) is 5.75 Å². The van der Waals surface area contributed by atoms with Crippen LogP contribution in [0.3, 0.4) is 0 Å². The lowest BCUT2D eigenvalue weighted by Gasteiger charge is -2.39. The Morgan fingerprint density at radius 1 is 1.24 bits per heavy atom. The molecule has 2 heterocycles. The number of hydrogen-bond acceptors (Lipinski definition) is 6. The van der Waals surface area contributed by atoms with Crippen LogP contribution in [0.5, 0.6) is 0 Å². The third kappa shape index (κ3) is 4.95. The Kier molecular flexibility index (Phi) is 6.31. The summed E-state index contributed by atoms with van der Waals surface area (Å²) in [7, 11) is 0. The van der Waals surface area contributed by atoms with Crippen LogP contribution in [0, 0.1) is 0 Å². The van der Waals surface area contributed by atoms with E-state index >= 15 is 0 Å². The van der Waals surface area contributed by atoms with Gasteiger partial charge in [0, 0.05) is 18.6 Å². The first-order chi connectivity index (χ1) is 12.1. The summed E-state index contributed by atoms with van der Waals surface area (Å²) >= 11 is 2.98. The fourth-order valence-corrected chi connectivity index (χ4v) is 4.84. The minimum absolute atomic E-state index is 0.207. The molecule has 2 atom stereocenters. The van der Waals surface area contributed by atoms with Gasteiger partial charge in [0.15, 0.2) is 4.34 Å². The van der Waals surface area contributed by atoms with Gasteiger partial charge < -0.3 is 10.2 Å².